The molecule has 22 heavy (non-hydrogen) atoms. The molecule has 0 bridgehead atoms. The Morgan fingerprint density at radius 3 is 2.55 bits per heavy atom. The highest BCUT2D eigenvalue weighted by Gasteiger charge is 2.19. The molecule has 0 aliphatic heterocycles. The number of nitrogens with zero attached hydrogens (tertiary/aromatic N) is 4. The van der Waals surface area contributed by atoms with Crippen molar-refractivity contribution >= 4 is 11.9 Å². The number of aliphatic carboxylic acids is 1. The standard InChI is InChI=1S/C14H15FN4O3/c1-9-16-13(14(22)18(2)8-7-12(20)21)17-19(9)11-5-3-10(15)4-6-11/h3-6H,7-8H2,1-2H3,(H,20,21). The van der Waals surface area contributed by atoms with Crippen LogP contribution in [0, 0.1) is 12.7 Å². The molecular formula is C14H15FN4O3. The lowest BCUT2D eigenvalue weighted by Crippen LogP contribution is -2.30. The van der Waals surface area contributed by atoms with E-state index >= 15 is 0 Å². The number of hydrogen-bond acceptors (Lipinski definition) is 4. The van der Waals surface area contributed by atoms with Crippen LogP contribution in [-0.2, 0) is 4.79 Å². The van der Waals surface area contributed by atoms with E-state index in [0.29, 0.717) is 11.5 Å². The van der Waals surface area contributed by atoms with Gasteiger partial charge in [-0.2, -0.15) is 0 Å². The van der Waals surface area contributed by atoms with Gasteiger partial charge in [0.05, 0.1) is 12.1 Å². The van der Waals surface area contributed by atoms with E-state index in [-0.39, 0.29) is 24.6 Å². The zero-order chi connectivity index (χ0) is 16.3. The molecule has 1 aromatic carbocycles. The van der Waals surface area contributed by atoms with E-state index in [1.807, 2.05) is 0 Å². The summed E-state index contributed by atoms with van der Waals surface area (Å²) in [6, 6.07) is 5.63. The van der Waals surface area contributed by atoms with Crippen molar-refractivity contribution in [3.05, 3.63) is 41.7 Å². The fraction of sp³-hybridized carbons (Fsp3) is 0.286. The Bertz CT molecular complexity index is 697. The topological polar surface area (TPSA) is 88.3 Å². The maximum atomic E-state index is 12.9. The highest BCUT2D eigenvalue weighted by molar-refractivity contribution is 5.90. The van der Waals surface area contributed by atoms with Crippen molar-refractivity contribution in [2.75, 3.05) is 13.6 Å². The van der Waals surface area contributed by atoms with Crippen LogP contribution in [0.3, 0.4) is 0 Å². The van der Waals surface area contributed by atoms with Crippen molar-refractivity contribution < 1.29 is 19.1 Å². The quantitative estimate of drug-likeness (QED) is 0.898. The molecule has 0 spiro atoms. The number of aryl methyl sites for hydroxylation is 1. The van der Waals surface area contributed by atoms with E-state index in [9.17, 15) is 14.0 Å². The minimum atomic E-state index is -0.986. The molecule has 8 heteroatoms. The van der Waals surface area contributed by atoms with Gasteiger partial charge in [-0.15, -0.1) is 5.10 Å². The molecule has 1 amide bonds. The van der Waals surface area contributed by atoms with E-state index in [1.54, 1.807) is 6.92 Å². The van der Waals surface area contributed by atoms with Gasteiger partial charge in [-0.1, -0.05) is 0 Å². The van der Waals surface area contributed by atoms with Crippen molar-refractivity contribution in [2.24, 2.45) is 0 Å². The molecule has 0 atom stereocenters. The number of rotatable bonds is 5. The van der Waals surface area contributed by atoms with Crippen molar-refractivity contribution in [1.29, 1.82) is 0 Å². The summed E-state index contributed by atoms with van der Waals surface area (Å²) in [5.41, 5.74) is 0.582. The molecule has 0 radical (unpaired) electrons. The fourth-order valence-corrected chi connectivity index (χ4v) is 1.84. The van der Waals surface area contributed by atoms with E-state index in [2.05, 4.69) is 10.1 Å². The SMILES string of the molecule is Cc1nc(C(=O)N(C)CCC(=O)O)nn1-c1ccc(F)cc1. The summed E-state index contributed by atoms with van der Waals surface area (Å²) in [5.74, 6) is -1.38. The van der Waals surface area contributed by atoms with Gasteiger partial charge in [0.25, 0.3) is 5.91 Å². The first-order valence-corrected chi connectivity index (χ1v) is 6.55. The second kappa shape index (κ2) is 6.33. The Morgan fingerprint density at radius 1 is 1.32 bits per heavy atom. The van der Waals surface area contributed by atoms with Crippen molar-refractivity contribution in [3.8, 4) is 5.69 Å². The molecule has 1 heterocycles. The lowest BCUT2D eigenvalue weighted by molar-refractivity contribution is -0.137. The van der Waals surface area contributed by atoms with Crippen LogP contribution in [0.25, 0.3) is 5.69 Å². The van der Waals surface area contributed by atoms with E-state index in [0.717, 1.165) is 0 Å². The summed E-state index contributed by atoms with van der Waals surface area (Å²) in [5, 5.41) is 12.7. The average Bonchev–Trinajstić information content (AvgIpc) is 2.86. The van der Waals surface area contributed by atoms with Gasteiger partial charge >= 0.3 is 5.97 Å². The van der Waals surface area contributed by atoms with Gasteiger partial charge in [0.15, 0.2) is 0 Å². The van der Waals surface area contributed by atoms with Crippen LogP contribution in [0.15, 0.2) is 24.3 Å². The molecule has 0 fully saturated rings. The van der Waals surface area contributed by atoms with E-state index in [1.165, 1.54) is 40.9 Å². The normalized spacial score (nSPS) is 10.5. The highest BCUT2D eigenvalue weighted by Crippen LogP contribution is 2.11. The molecule has 0 unspecified atom stereocenters. The van der Waals surface area contributed by atoms with Crippen LogP contribution in [0.4, 0.5) is 4.39 Å². The smallest absolute Gasteiger partial charge is 0.305 e. The Morgan fingerprint density at radius 2 is 1.95 bits per heavy atom. The van der Waals surface area contributed by atoms with Crippen LogP contribution < -0.4 is 0 Å². The summed E-state index contributed by atoms with van der Waals surface area (Å²) >= 11 is 0. The van der Waals surface area contributed by atoms with Crippen LogP contribution in [-0.4, -0.2) is 50.2 Å². The second-order valence-corrected chi connectivity index (χ2v) is 4.74. The molecule has 0 aliphatic carbocycles. The molecule has 1 aromatic heterocycles. The number of carboxylic acids is 1. The fourth-order valence-electron chi connectivity index (χ4n) is 1.84. The number of aromatic nitrogens is 3. The molecule has 0 saturated carbocycles. The molecular weight excluding hydrogens is 291 g/mol. The van der Waals surface area contributed by atoms with Crippen molar-refractivity contribution in [2.45, 2.75) is 13.3 Å². The monoisotopic (exact) mass is 306 g/mol. The lowest BCUT2D eigenvalue weighted by atomic mass is 10.3. The number of amides is 1. The first-order chi connectivity index (χ1) is 10.4. The number of hydrogen-bond donors (Lipinski definition) is 1. The van der Waals surface area contributed by atoms with Gasteiger partial charge in [0.1, 0.15) is 11.6 Å². The van der Waals surface area contributed by atoms with Gasteiger partial charge in [-0.3, -0.25) is 9.59 Å². The molecule has 0 aliphatic rings. The summed E-state index contributed by atoms with van der Waals surface area (Å²) in [4.78, 5) is 28.0. The third-order valence-corrected chi connectivity index (χ3v) is 3.04. The van der Waals surface area contributed by atoms with Gasteiger partial charge in [0.2, 0.25) is 5.82 Å². The van der Waals surface area contributed by atoms with Gasteiger partial charge < -0.3 is 10.0 Å². The van der Waals surface area contributed by atoms with Gasteiger partial charge in [0, 0.05) is 13.6 Å². The average molecular weight is 306 g/mol. The summed E-state index contributed by atoms with van der Waals surface area (Å²) in [7, 11) is 1.49. The number of carbonyl (C=O) groups is 2. The Labute approximate surface area is 126 Å². The molecule has 2 aromatic rings. The predicted molar refractivity (Wildman–Crippen MR) is 75.3 cm³/mol. The van der Waals surface area contributed by atoms with E-state index < -0.39 is 11.9 Å². The number of halogens is 1. The first kappa shape index (κ1) is 15.6. The minimum Gasteiger partial charge on any atom is -0.481 e. The van der Waals surface area contributed by atoms with Crippen molar-refractivity contribution in [1.82, 2.24) is 19.7 Å². The van der Waals surface area contributed by atoms with Gasteiger partial charge in [-0.25, -0.2) is 14.1 Å². The Balaban J connectivity index is 2.20. The van der Waals surface area contributed by atoms with Crippen LogP contribution in [0.1, 0.15) is 22.9 Å². The molecule has 2 rings (SSSR count). The summed E-state index contributed by atoms with van der Waals surface area (Å²) in [6.07, 6.45) is -0.153. The lowest BCUT2D eigenvalue weighted by Gasteiger charge is -2.13. The third kappa shape index (κ3) is 3.46. The molecule has 1 N–H and O–H groups in total. The van der Waals surface area contributed by atoms with Crippen LogP contribution >= 0.6 is 0 Å². The second-order valence-electron chi connectivity index (χ2n) is 4.74. The maximum Gasteiger partial charge on any atom is 0.305 e. The Kier molecular flexibility index (Phi) is 4.50. The number of benzene rings is 1. The van der Waals surface area contributed by atoms with Gasteiger partial charge in [-0.05, 0) is 31.2 Å². The van der Waals surface area contributed by atoms with Crippen LogP contribution in [0.2, 0.25) is 0 Å². The maximum absolute atomic E-state index is 12.9. The Hall–Kier alpha value is -2.77. The predicted octanol–water partition coefficient (Wildman–Crippen LogP) is 1.26. The zero-order valence-corrected chi connectivity index (χ0v) is 12.2. The van der Waals surface area contributed by atoms with Crippen molar-refractivity contribution in [3.63, 3.8) is 0 Å². The third-order valence-electron chi connectivity index (χ3n) is 3.04. The summed E-state index contributed by atoms with van der Waals surface area (Å²) in [6.45, 7) is 1.74. The highest BCUT2D eigenvalue weighted by atomic mass is 19.1. The first-order valence-electron chi connectivity index (χ1n) is 6.55. The molecule has 0 saturated heterocycles. The van der Waals surface area contributed by atoms with Crippen LogP contribution in [0.5, 0.6) is 0 Å². The minimum absolute atomic E-state index is 0.0327. The largest absolute Gasteiger partial charge is 0.481 e. The van der Waals surface area contributed by atoms with E-state index in [4.69, 9.17) is 5.11 Å². The zero-order valence-electron chi connectivity index (χ0n) is 12.2. The summed E-state index contributed by atoms with van der Waals surface area (Å²) < 4.78 is 14.4. The number of carbonyl (C=O) groups excluding carboxylic acids is 1. The molecule has 7 nitrogen and oxygen atoms in total. The molecule has 116 valence electrons. The number of carboxylic acid groups (broad SMARTS) is 1.